The number of ether oxygens (including phenoxy) is 2. The van der Waals surface area contributed by atoms with E-state index in [1.165, 1.54) is 122 Å². The summed E-state index contributed by atoms with van der Waals surface area (Å²) >= 11 is 0. The largest absolute Gasteiger partial charge is 0.472 e. The molecule has 0 fully saturated rings. The predicted octanol–water partition coefficient (Wildman–Crippen LogP) is 22.4. The van der Waals surface area contributed by atoms with Crippen molar-refractivity contribution >= 4 is 19.8 Å². The van der Waals surface area contributed by atoms with Crippen molar-refractivity contribution in [2.45, 2.75) is 277 Å². The van der Waals surface area contributed by atoms with Crippen LogP contribution < -0.4 is 5.73 Å². The number of hydrogen-bond donors (Lipinski definition) is 2. The molecule has 0 aromatic rings. The van der Waals surface area contributed by atoms with E-state index in [-0.39, 0.29) is 32.6 Å². The third kappa shape index (κ3) is 68.6. The molecule has 0 rings (SSSR count). The molecule has 85 heavy (non-hydrogen) atoms. The van der Waals surface area contributed by atoms with Crippen molar-refractivity contribution < 1.29 is 37.6 Å². The maximum atomic E-state index is 12.7. The normalized spacial score (nSPS) is 14.0. The van der Waals surface area contributed by atoms with Crippen LogP contribution in [0.5, 0.6) is 0 Å². The van der Waals surface area contributed by atoms with Crippen LogP contribution in [-0.4, -0.2) is 49.3 Å². The van der Waals surface area contributed by atoms with Crippen LogP contribution in [0.15, 0.2) is 158 Å². The lowest BCUT2D eigenvalue weighted by Crippen LogP contribution is -2.29. The van der Waals surface area contributed by atoms with Gasteiger partial charge in [-0.15, -0.1) is 0 Å². The number of phosphoric acid groups is 1. The zero-order chi connectivity index (χ0) is 61.6. The minimum absolute atomic E-state index is 0.0392. The van der Waals surface area contributed by atoms with Gasteiger partial charge in [0.2, 0.25) is 0 Å². The van der Waals surface area contributed by atoms with E-state index >= 15 is 0 Å². The third-order valence-electron chi connectivity index (χ3n) is 13.9. The van der Waals surface area contributed by atoms with Gasteiger partial charge in [-0.25, -0.2) is 4.57 Å². The average molecular weight is 1200 g/mol. The van der Waals surface area contributed by atoms with E-state index in [1.54, 1.807) is 0 Å². The lowest BCUT2D eigenvalue weighted by atomic mass is 10.0. The molecule has 3 N–H and O–H groups in total. The van der Waals surface area contributed by atoms with Crippen LogP contribution in [-0.2, 0) is 32.7 Å². The fourth-order valence-corrected chi connectivity index (χ4v) is 9.74. The summed E-state index contributed by atoms with van der Waals surface area (Å²) in [6, 6.07) is 0. The smallest absolute Gasteiger partial charge is 0.462 e. The molecule has 0 saturated carbocycles. The quantitative estimate of drug-likeness (QED) is 0.0264. The minimum atomic E-state index is -4.41. The average Bonchev–Trinajstić information content (AvgIpc) is 3.53. The first-order valence-electron chi connectivity index (χ1n) is 34.0. The zero-order valence-corrected chi connectivity index (χ0v) is 54.9. The Labute approximate surface area is 521 Å². The van der Waals surface area contributed by atoms with Gasteiger partial charge < -0.3 is 20.1 Å². The van der Waals surface area contributed by atoms with E-state index < -0.39 is 32.5 Å². The maximum absolute atomic E-state index is 12.7. The fraction of sp³-hybridized carbons (Fsp3) is 0.627. The van der Waals surface area contributed by atoms with E-state index in [4.69, 9.17) is 24.3 Å². The summed E-state index contributed by atoms with van der Waals surface area (Å²) in [6.45, 7) is 3.47. The molecule has 0 aliphatic rings. The number of allylic oxidation sites excluding steroid dienone is 26. The maximum Gasteiger partial charge on any atom is 0.472 e. The molecule has 10 heteroatoms. The molecule has 482 valence electrons. The van der Waals surface area contributed by atoms with Crippen LogP contribution in [0.4, 0.5) is 0 Å². The summed E-state index contributed by atoms with van der Waals surface area (Å²) in [4.78, 5) is 35.3. The molecule has 0 aliphatic heterocycles. The number of nitrogens with two attached hydrogens (primary N) is 1. The molecule has 0 aromatic carbocycles. The lowest BCUT2D eigenvalue weighted by molar-refractivity contribution is -0.161. The number of phosphoric ester groups is 1. The van der Waals surface area contributed by atoms with E-state index in [1.807, 2.05) is 0 Å². The molecule has 2 atom stereocenters. The zero-order valence-electron chi connectivity index (χ0n) is 54.0. The van der Waals surface area contributed by atoms with Crippen LogP contribution in [0.1, 0.15) is 271 Å². The summed E-state index contributed by atoms with van der Waals surface area (Å²) < 4.78 is 33.1. The highest BCUT2D eigenvalue weighted by Gasteiger charge is 2.26. The van der Waals surface area contributed by atoms with Gasteiger partial charge in [0.1, 0.15) is 6.61 Å². The molecule has 0 aliphatic carbocycles. The van der Waals surface area contributed by atoms with Gasteiger partial charge in [0, 0.05) is 19.4 Å². The Kier molecular flexibility index (Phi) is 65.2. The van der Waals surface area contributed by atoms with Crippen LogP contribution in [0.3, 0.4) is 0 Å². The molecular formula is C75H124NO8P. The van der Waals surface area contributed by atoms with E-state index in [0.717, 1.165) is 116 Å². The first kappa shape index (κ1) is 80.6. The number of unbranched alkanes of at least 4 members (excludes halogenated alkanes) is 23. The van der Waals surface area contributed by atoms with E-state index in [2.05, 4.69) is 172 Å². The van der Waals surface area contributed by atoms with Crippen molar-refractivity contribution in [3.63, 3.8) is 0 Å². The topological polar surface area (TPSA) is 134 Å². The highest BCUT2D eigenvalue weighted by atomic mass is 31.2. The first-order valence-corrected chi connectivity index (χ1v) is 35.5. The molecule has 0 saturated heterocycles. The van der Waals surface area contributed by atoms with Gasteiger partial charge in [0.15, 0.2) is 6.10 Å². The molecule has 0 radical (unpaired) electrons. The lowest BCUT2D eigenvalue weighted by Gasteiger charge is -2.19. The summed E-state index contributed by atoms with van der Waals surface area (Å²) in [5.74, 6) is -0.882. The van der Waals surface area contributed by atoms with E-state index in [9.17, 15) is 19.0 Å². The standard InChI is InChI=1S/C75H124NO8P/c1-3-5-7-9-11-13-15-17-19-21-23-25-27-29-31-32-33-34-35-36-37-38-39-40-42-43-45-47-49-51-53-55-57-59-61-63-65-67-74(77)81-71-73(72-83-85(79,80)82-70-69-76)84-75(78)68-66-64-62-60-58-56-54-52-50-48-46-44-41-30-28-26-24-22-20-18-16-14-12-10-8-6-4-2/h5-8,11-14,17-20,23-26,29-31,41,46,48,52,54,58,60,73H,3-4,9-10,15-16,21-22,27-28,32-40,42-45,47,49-51,53,55-57,59,61-72,76H2,1-2H3,(H,79,80)/b7-5-,8-6-,13-11-,14-12-,19-17-,20-18-,25-23-,26-24-,31-29-,41-30-,48-46-,54-52-,60-58-. The number of carbonyl (C=O) groups excluding carboxylic acids is 2. The Morgan fingerprint density at radius 3 is 0.929 bits per heavy atom. The SMILES string of the molecule is CC/C=C\C/C=C\C/C=C\C/C=C\C/C=C\C/C=C\C/C=C\C/C=C\CCCCC(=O)OC(COC(=O)CCCCCCCCCCCCCCCCCCCCCCC/C=C\C/C=C\C/C=C\C/C=C\C/C=C\CC)COP(=O)(O)OCCN. The monoisotopic (exact) mass is 1200 g/mol. The first-order chi connectivity index (χ1) is 41.8. The molecule has 0 bridgehead atoms. The van der Waals surface area contributed by atoms with Crippen molar-refractivity contribution in [3.05, 3.63) is 158 Å². The number of rotatable bonds is 62. The minimum Gasteiger partial charge on any atom is -0.462 e. The van der Waals surface area contributed by atoms with Gasteiger partial charge in [-0.2, -0.15) is 0 Å². The summed E-state index contributed by atoms with van der Waals surface area (Å²) in [7, 11) is -4.41. The van der Waals surface area contributed by atoms with Crippen molar-refractivity contribution in [1.29, 1.82) is 0 Å². The van der Waals surface area contributed by atoms with Crippen molar-refractivity contribution in [1.82, 2.24) is 0 Å². The van der Waals surface area contributed by atoms with Gasteiger partial charge in [0.05, 0.1) is 13.2 Å². The van der Waals surface area contributed by atoms with Crippen LogP contribution in [0.2, 0.25) is 0 Å². The second-order valence-corrected chi connectivity index (χ2v) is 23.4. The number of hydrogen-bond acceptors (Lipinski definition) is 8. The molecule has 0 spiro atoms. The Balaban J connectivity index is 3.95. The fourth-order valence-electron chi connectivity index (χ4n) is 8.97. The molecular weight excluding hydrogens is 1070 g/mol. The van der Waals surface area contributed by atoms with Crippen molar-refractivity contribution in [3.8, 4) is 0 Å². The van der Waals surface area contributed by atoms with Crippen molar-refractivity contribution in [2.24, 2.45) is 5.73 Å². The molecule has 2 unspecified atom stereocenters. The van der Waals surface area contributed by atoms with Gasteiger partial charge >= 0.3 is 19.8 Å². The number of esters is 2. The highest BCUT2D eigenvalue weighted by molar-refractivity contribution is 7.47. The van der Waals surface area contributed by atoms with Crippen LogP contribution in [0, 0.1) is 0 Å². The predicted molar refractivity (Wildman–Crippen MR) is 366 cm³/mol. The second-order valence-electron chi connectivity index (χ2n) is 21.9. The van der Waals surface area contributed by atoms with Crippen molar-refractivity contribution in [2.75, 3.05) is 26.4 Å². The third-order valence-corrected chi connectivity index (χ3v) is 14.9. The van der Waals surface area contributed by atoms with Gasteiger partial charge in [0.25, 0.3) is 0 Å². The second kappa shape index (κ2) is 68.7. The summed E-state index contributed by atoms with van der Waals surface area (Å²) in [5, 5.41) is 0. The van der Waals surface area contributed by atoms with E-state index in [0.29, 0.717) is 6.42 Å². The molecule has 9 nitrogen and oxygen atoms in total. The summed E-state index contributed by atoms with van der Waals surface area (Å²) in [6.07, 6.45) is 101. The van der Waals surface area contributed by atoms with Crippen LogP contribution in [0.25, 0.3) is 0 Å². The number of carbonyl (C=O) groups is 2. The summed E-state index contributed by atoms with van der Waals surface area (Å²) in [5.41, 5.74) is 5.39. The van der Waals surface area contributed by atoms with Gasteiger partial charge in [-0.3, -0.25) is 18.6 Å². The molecule has 0 aromatic heterocycles. The van der Waals surface area contributed by atoms with Crippen LogP contribution >= 0.6 is 7.82 Å². The van der Waals surface area contributed by atoms with Gasteiger partial charge in [-0.05, 0) is 122 Å². The van der Waals surface area contributed by atoms with Gasteiger partial charge in [-0.1, -0.05) is 294 Å². The Morgan fingerprint density at radius 1 is 0.353 bits per heavy atom. The highest BCUT2D eigenvalue weighted by Crippen LogP contribution is 2.43. The Morgan fingerprint density at radius 2 is 0.612 bits per heavy atom. The molecule has 0 amide bonds. The molecule has 0 heterocycles. The Hall–Kier alpha value is -4.37. The Bertz CT molecular complexity index is 1950.